The lowest BCUT2D eigenvalue weighted by Gasteiger charge is -2.27. The van der Waals surface area contributed by atoms with Gasteiger partial charge in [-0.15, -0.1) is 0 Å². The van der Waals surface area contributed by atoms with Gasteiger partial charge in [0.05, 0.1) is 0 Å². The second-order valence-electron chi connectivity index (χ2n) is 7.07. The average molecular weight is 374 g/mol. The largest absolute Gasteiger partial charge is 0.347 e. The van der Waals surface area contributed by atoms with Gasteiger partial charge in [0.2, 0.25) is 5.95 Å². The molecule has 28 heavy (non-hydrogen) atoms. The predicted molar refractivity (Wildman–Crippen MR) is 112 cm³/mol. The molecule has 5 nitrogen and oxygen atoms in total. The van der Waals surface area contributed by atoms with Crippen LogP contribution in [0.25, 0.3) is 0 Å². The normalized spacial score (nSPS) is 10.7. The van der Waals surface area contributed by atoms with Crippen molar-refractivity contribution in [3.05, 3.63) is 89.2 Å². The molecule has 0 unspecified atom stereocenters. The smallest absolute Gasteiger partial charge is 0.270 e. The van der Waals surface area contributed by atoms with E-state index in [1.54, 1.807) is 6.07 Å². The summed E-state index contributed by atoms with van der Waals surface area (Å²) in [5.74, 6) is 0.378. The highest BCUT2D eigenvalue weighted by atomic mass is 16.1. The van der Waals surface area contributed by atoms with E-state index in [1.807, 2.05) is 55.5 Å². The second kappa shape index (κ2) is 9.13. The maximum atomic E-state index is 12.7. The van der Waals surface area contributed by atoms with E-state index in [9.17, 15) is 4.79 Å². The highest BCUT2D eigenvalue weighted by Gasteiger charge is 2.18. The molecule has 144 valence electrons. The van der Waals surface area contributed by atoms with E-state index in [2.05, 4.69) is 46.2 Å². The van der Waals surface area contributed by atoms with Gasteiger partial charge in [0.1, 0.15) is 5.69 Å². The Labute approximate surface area is 166 Å². The number of carbonyl (C=O) groups excluding carboxylic acids is 1. The zero-order chi connectivity index (χ0) is 19.9. The van der Waals surface area contributed by atoms with Gasteiger partial charge in [-0.3, -0.25) is 4.79 Å². The monoisotopic (exact) mass is 374 g/mol. The van der Waals surface area contributed by atoms with Crippen LogP contribution in [0.5, 0.6) is 0 Å². The van der Waals surface area contributed by atoms with Crippen molar-refractivity contribution < 1.29 is 4.79 Å². The highest BCUT2D eigenvalue weighted by Crippen LogP contribution is 2.17. The summed E-state index contributed by atoms with van der Waals surface area (Å²) >= 11 is 0. The van der Waals surface area contributed by atoms with E-state index in [0.29, 0.717) is 24.7 Å². The molecule has 0 spiro atoms. The predicted octanol–water partition coefficient (Wildman–Crippen LogP) is 4.13. The molecule has 0 aliphatic carbocycles. The number of hydrogen-bond acceptors (Lipinski definition) is 4. The minimum Gasteiger partial charge on any atom is -0.347 e. The third-order valence-electron chi connectivity index (χ3n) is 4.45. The fourth-order valence-corrected chi connectivity index (χ4v) is 2.93. The first-order valence-electron chi connectivity index (χ1n) is 9.51. The number of anilines is 1. The Morgan fingerprint density at radius 2 is 1.57 bits per heavy atom. The standard InChI is InChI=1S/C23H26N4O/c1-17(2)27(16-20-12-8-5-9-13-20)23-25-18(3)14-21(26-23)22(28)24-15-19-10-6-4-7-11-19/h4-14,17H,15-16H2,1-3H3,(H,24,28). The van der Waals surface area contributed by atoms with Crippen molar-refractivity contribution in [1.82, 2.24) is 15.3 Å². The lowest BCUT2D eigenvalue weighted by molar-refractivity contribution is 0.0945. The molecule has 0 aliphatic heterocycles. The highest BCUT2D eigenvalue weighted by molar-refractivity contribution is 5.92. The van der Waals surface area contributed by atoms with E-state index >= 15 is 0 Å². The lowest BCUT2D eigenvalue weighted by Crippen LogP contribution is -2.33. The molecule has 1 N–H and O–H groups in total. The molecule has 3 aromatic rings. The maximum absolute atomic E-state index is 12.7. The molecule has 5 heteroatoms. The van der Waals surface area contributed by atoms with Crippen molar-refractivity contribution in [3.63, 3.8) is 0 Å². The van der Waals surface area contributed by atoms with Gasteiger partial charge in [0.15, 0.2) is 0 Å². The van der Waals surface area contributed by atoms with Crippen LogP contribution in [0.2, 0.25) is 0 Å². The number of rotatable bonds is 7. The Morgan fingerprint density at radius 1 is 0.964 bits per heavy atom. The summed E-state index contributed by atoms with van der Waals surface area (Å²) in [6.07, 6.45) is 0. The number of nitrogens with zero attached hydrogens (tertiary/aromatic N) is 3. The minimum absolute atomic E-state index is 0.195. The van der Waals surface area contributed by atoms with Gasteiger partial charge in [0, 0.05) is 24.8 Å². The summed E-state index contributed by atoms with van der Waals surface area (Å²) < 4.78 is 0. The molecule has 0 saturated carbocycles. The van der Waals surface area contributed by atoms with Gasteiger partial charge >= 0.3 is 0 Å². The summed E-state index contributed by atoms with van der Waals surface area (Å²) in [5.41, 5.74) is 3.39. The fourth-order valence-electron chi connectivity index (χ4n) is 2.93. The molecule has 0 aliphatic rings. The number of hydrogen-bond donors (Lipinski definition) is 1. The SMILES string of the molecule is Cc1cc(C(=O)NCc2ccccc2)nc(N(Cc2ccccc2)C(C)C)n1. The van der Waals surface area contributed by atoms with E-state index in [0.717, 1.165) is 11.3 Å². The molecule has 3 rings (SSSR count). The lowest BCUT2D eigenvalue weighted by atomic mass is 10.2. The van der Waals surface area contributed by atoms with Crippen LogP contribution in [0.15, 0.2) is 66.7 Å². The summed E-state index contributed by atoms with van der Waals surface area (Å²) in [6, 6.07) is 22.0. The first-order valence-corrected chi connectivity index (χ1v) is 9.51. The fraction of sp³-hybridized carbons (Fsp3) is 0.261. The molecule has 0 radical (unpaired) electrons. The summed E-state index contributed by atoms with van der Waals surface area (Å²) in [7, 11) is 0. The van der Waals surface area contributed by atoms with E-state index < -0.39 is 0 Å². The first kappa shape index (κ1) is 19.5. The third kappa shape index (κ3) is 5.16. The zero-order valence-corrected chi connectivity index (χ0v) is 16.6. The van der Waals surface area contributed by atoms with Crippen LogP contribution in [0.1, 0.15) is 41.2 Å². The molecule has 1 amide bonds. The van der Waals surface area contributed by atoms with Gasteiger partial charge in [-0.2, -0.15) is 0 Å². The number of aromatic nitrogens is 2. The van der Waals surface area contributed by atoms with Crippen molar-refractivity contribution in [2.24, 2.45) is 0 Å². The zero-order valence-electron chi connectivity index (χ0n) is 16.6. The summed E-state index contributed by atoms with van der Waals surface area (Å²) in [5, 5.41) is 2.94. The van der Waals surface area contributed by atoms with Crippen molar-refractivity contribution in [2.75, 3.05) is 4.90 Å². The number of benzene rings is 2. The van der Waals surface area contributed by atoms with Crippen molar-refractivity contribution in [1.29, 1.82) is 0 Å². The van der Waals surface area contributed by atoms with Gasteiger partial charge in [-0.1, -0.05) is 60.7 Å². The molecule has 0 fully saturated rings. The quantitative estimate of drug-likeness (QED) is 0.676. The number of amides is 1. The minimum atomic E-state index is -0.195. The summed E-state index contributed by atoms with van der Waals surface area (Å²) in [6.45, 7) is 7.25. The molecule has 1 heterocycles. The van der Waals surface area contributed by atoms with Crippen LogP contribution in [0.3, 0.4) is 0 Å². The number of carbonyl (C=O) groups is 1. The third-order valence-corrected chi connectivity index (χ3v) is 4.45. The second-order valence-corrected chi connectivity index (χ2v) is 7.07. The molecule has 1 aromatic heterocycles. The van der Waals surface area contributed by atoms with Crippen LogP contribution < -0.4 is 10.2 Å². The van der Waals surface area contributed by atoms with E-state index in [-0.39, 0.29) is 11.9 Å². The molecule has 0 atom stereocenters. The molecule has 2 aromatic carbocycles. The van der Waals surface area contributed by atoms with Gasteiger partial charge in [0.25, 0.3) is 5.91 Å². The topological polar surface area (TPSA) is 58.1 Å². The van der Waals surface area contributed by atoms with Crippen molar-refractivity contribution >= 4 is 11.9 Å². The van der Waals surface area contributed by atoms with Crippen molar-refractivity contribution in [2.45, 2.75) is 39.9 Å². The Morgan fingerprint density at radius 3 is 2.18 bits per heavy atom. The molecule has 0 bridgehead atoms. The van der Waals surface area contributed by atoms with Crippen LogP contribution in [-0.4, -0.2) is 21.9 Å². The number of nitrogens with one attached hydrogen (secondary N) is 1. The Bertz CT molecular complexity index is 910. The molecular formula is C23H26N4O. The van der Waals surface area contributed by atoms with Crippen LogP contribution in [-0.2, 0) is 13.1 Å². The van der Waals surface area contributed by atoms with Gasteiger partial charge < -0.3 is 10.2 Å². The Balaban J connectivity index is 1.79. The molecular weight excluding hydrogens is 348 g/mol. The van der Waals surface area contributed by atoms with E-state index in [1.165, 1.54) is 5.56 Å². The summed E-state index contributed by atoms with van der Waals surface area (Å²) in [4.78, 5) is 23.9. The Kier molecular flexibility index (Phi) is 6.37. The van der Waals surface area contributed by atoms with Gasteiger partial charge in [-0.05, 0) is 38.0 Å². The van der Waals surface area contributed by atoms with Gasteiger partial charge in [-0.25, -0.2) is 9.97 Å². The van der Waals surface area contributed by atoms with Crippen LogP contribution in [0, 0.1) is 6.92 Å². The van der Waals surface area contributed by atoms with Crippen LogP contribution >= 0.6 is 0 Å². The Hall–Kier alpha value is -3.21. The molecule has 0 saturated heterocycles. The maximum Gasteiger partial charge on any atom is 0.270 e. The average Bonchev–Trinajstić information content (AvgIpc) is 2.71. The van der Waals surface area contributed by atoms with Crippen LogP contribution in [0.4, 0.5) is 5.95 Å². The number of aryl methyl sites for hydroxylation is 1. The first-order chi connectivity index (χ1) is 13.5. The van der Waals surface area contributed by atoms with Crippen molar-refractivity contribution in [3.8, 4) is 0 Å². The van der Waals surface area contributed by atoms with E-state index in [4.69, 9.17) is 0 Å².